The van der Waals surface area contributed by atoms with E-state index >= 15 is 0 Å². The Kier molecular flexibility index (Phi) is 10.8. The standard InChI is InChI=1S/C30H36F2N6O4/c1-20(33)28-26(18-35-41-19-21-13-15-37(16-14-21)30(39)22-7-5-4-6-8-22)36-29(42-28)25-11-10-24(40-3)17-23(25)9-12-27(34-2)38(31)32/h4-12,17,20-21,35H,13-16,18-19,33H2,1-3H3/b12-9-,34-27?/t20-/m0/s1. The molecular weight excluding hydrogens is 546 g/mol. The van der Waals surface area contributed by atoms with Gasteiger partial charge in [-0.05, 0) is 73.0 Å². The maximum Gasteiger partial charge on any atom is 0.253 e. The summed E-state index contributed by atoms with van der Waals surface area (Å²) in [7, 11) is 2.79. The van der Waals surface area contributed by atoms with Crippen LogP contribution in [-0.2, 0) is 11.4 Å². The number of halogens is 2. The highest BCUT2D eigenvalue weighted by molar-refractivity contribution is 5.96. The topological polar surface area (TPSA) is 118 Å². The number of likely N-dealkylation sites (tertiary alicyclic amines) is 1. The maximum absolute atomic E-state index is 13.0. The van der Waals surface area contributed by atoms with Crippen LogP contribution in [0.5, 0.6) is 5.75 Å². The molecule has 1 aromatic heterocycles. The summed E-state index contributed by atoms with van der Waals surface area (Å²) in [6.07, 6.45) is 4.37. The summed E-state index contributed by atoms with van der Waals surface area (Å²) in [5, 5.41) is -1.06. The van der Waals surface area contributed by atoms with E-state index in [1.807, 2.05) is 35.2 Å². The predicted molar refractivity (Wildman–Crippen MR) is 155 cm³/mol. The summed E-state index contributed by atoms with van der Waals surface area (Å²) in [4.78, 5) is 28.6. The molecule has 1 fully saturated rings. The minimum atomic E-state index is -1.06. The molecule has 1 atom stereocenters. The van der Waals surface area contributed by atoms with Crippen LogP contribution in [0.3, 0.4) is 0 Å². The lowest BCUT2D eigenvalue weighted by Crippen LogP contribution is -2.39. The lowest BCUT2D eigenvalue weighted by Gasteiger charge is -2.31. The van der Waals surface area contributed by atoms with E-state index in [9.17, 15) is 13.8 Å². The largest absolute Gasteiger partial charge is 0.497 e. The molecule has 2 heterocycles. The number of hydroxylamine groups is 1. The Bertz CT molecular complexity index is 1390. The van der Waals surface area contributed by atoms with Gasteiger partial charge < -0.3 is 24.6 Å². The van der Waals surface area contributed by atoms with Gasteiger partial charge in [0.15, 0.2) is 5.84 Å². The van der Waals surface area contributed by atoms with Gasteiger partial charge in [0, 0.05) is 31.3 Å². The molecule has 0 saturated carbocycles. The van der Waals surface area contributed by atoms with Crippen LogP contribution in [-0.4, -0.2) is 60.8 Å². The Morgan fingerprint density at radius 2 is 2.00 bits per heavy atom. The van der Waals surface area contributed by atoms with E-state index in [-0.39, 0.29) is 18.3 Å². The third kappa shape index (κ3) is 7.78. The first-order chi connectivity index (χ1) is 20.3. The van der Waals surface area contributed by atoms with Crippen molar-refractivity contribution in [3.63, 3.8) is 0 Å². The number of benzene rings is 2. The predicted octanol–water partition coefficient (Wildman–Crippen LogP) is 5.06. The molecule has 12 heteroatoms. The lowest BCUT2D eigenvalue weighted by molar-refractivity contribution is -0.0725. The quantitative estimate of drug-likeness (QED) is 0.106. The number of nitrogens with one attached hydrogen (secondary N) is 1. The molecule has 1 aliphatic rings. The highest BCUT2D eigenvalue weighted by atomic mass is 19.4. The highest BCUT2D eigenvalue weighted by Gasteiger charge is 2.24. The molecule has 0 radical (unpaired) electrons. The van der Waals surface area contributed by atoms with Gasteiger partial charge in [-0.1, -0.05) is 33.2 Å². The fourth-order valence-corrected chi connectivity index (χ4v) is 4.69. The van der Waals surface area contributed by atoms with Crippen LogP contribution in [0, 0.1) is 5.92 Å². The van der Waals surface area contributed by atoms with Gasteiger partial charge in [0.05, 0.1) is 26.3 Å². The van der Waals surface area contributed by atoms with E-state index in [4.69, 9.17) is 19.7 Å². The molecule has 2 aromatic carbocycles. The van der Waals surface area contributed by atoms with Crippen molar-refractivity contribution in [3.8, 4) is 17.2 Å². The number of nitrogens with zero attached hydrogens (tertiary/aromatic N) is 4. The molecule has 3 aromatic rings. The molecule has 224 valence electrons. The van der Waals surface area contributed by atoms with Crippen molar-refractivity contribution >= 4 is 17.8 Å². The molecule has 42 heavy (non-hydrogen) atoms. The summed E-state index contributed by atoms with van der Waals surface area (Å²) < 4.78 is 37.4. The zero-order valence-electron chi connectivity index (χ0n) is 23.9. The van der Waals surface area contributed by atoms with Gasteiger partial charge in [-0.2, -0.15) is 5.48 Å². The number of nitrogens with two attached hydrogens (primary N) is 1. The number of oxazole rings is 1. The molecule has 0 aliphatic carbocycles. The molecule has 10 nitrogen and oxygen atoms in total. The number of carbonyl (C=O) groups is 1. The molecule has 1 aliphatic heterocycles. The Hall–Kier alpha value is -4.13. The van der Waals surface area contributed by atoms with Crippen LogP contribution in [0.1, 0.15) is 53.2 Å². The molecule has 0 bridgehead atoms. The third-order valence-electron chi connectivity index (χ3n) is 7.03. The molecule has 1 saturated heterocycles. The van der Waals surface area contributed by atoms with Crippen molar-refractivity contribution in [1.82, 2.24) is 20.7 Å². The Balaban J connectivity index is 1.37. The SMILES string of the molecule is CN=C(/C=C\c1cc(OC)ccc1-c1nc(CNOCC2CCN(C(=O)c3ccccc3)CC2)c([C@H](C)N)o1)N(F)F. The highest BCUT2D eigenvalue weighted by Crippen LogP contribution is 2.31. The number of aliphatic imine (C=N–C) groups is 1. The lowest BCUT2D eigenvalue weighted by atomic mass is 9.97. The first-order valence-electron chi connectivity index (χ1n) is 13.7. The number of methoxy groups -OCH3 is 1. The van der Waals surface area contributed by atoms with E-state index in [1.165, 1.54) is 26.3 Å². The van der Waals surface area contributed by atoms with Crippen LogP contribution >= 0.6 is 0 Å². The minimum Gasteiger partial charge on any atom is -0.497 e. The van der Waals surface area contributed by atoms with E-state index in [0.717, 1.165) is 12.8 Å². The number of amidine groups is 1. The second-order valence-electron chi connectivity index (χ2n) is 9.95. The van der Waals surface area contributed by atoms with Gasteiger partial charge in [-0.15, -0.1) is 0 Å². The molecule has 4 rings (SSSR count). The number of piperidine rings is 1. The molecule has 0 unspecified atom stereocenters. The van der Waals surface area contributed by atoms with Crippen LogP contribution < -0.4 is 16.0 Å². The fraction of sp³-hybridized carbons (Fsp3) is 0.367. The van der Waals surface area contributed by atoms with Crippen LogP contribution in [0.4, 0.5) is 8.96 Å². The smallest absolute Gasteiger partial charge is 0.253 e. The minimum absolute atomic E-state index is 0.0552. The van der Waals surface area contributed by atoms with Crippen molar-refractivity contribution in [2.24, 2.45) is 16.6 Å². The third-order valence-corrected chi connectivity index (χ3v) is 7.03. The summed E-state index contributed by atoms with van der Waals surface area (Å²) in [5.74, 6) is 1.16. The van der Waals surface area contributed by atoms with Crippen molar-refractivity contribution in [1.29, 1.82) is 0 Å². The van der Waals surface area contributed by atoms with Gasteiger partial charge in [0.2, 0.25) is 5.89 Å². The monoisotopic (exact) mass is 582 g/mol. The second-order valence-corrected chi connectivity index (χ2v) is 9.95. The molecular formula is C30H36F2N6O4. The summed E-state index contributed by atoms with van der Waals surface area (Å²) in [6, 6.07) is 14.0. The summed E-state index contributed by atoms with van der Waals surface area (Å²) in [6.45, 7) is 3.89. The number of hydrogen-bond donors (Lipinski definition) is 2. The van der Waals surface area contributed by atoms with Gasteiger partial charge in [0.1, 0.15) is 17.2 Å². The Morgan fingerprint density at radius 3 is 2.64 bits per heavy atom. The van der Waals surface area contributed by atoms with Crippen LogP contribution in [0.15, 0.2) is 64.0 Å². The van der Waals surface area contributed by atoms with Crippen molar-refractivity contribution in [2.45, 2.75) is 32.4 Å². The summed E-state index contributed by atoms with van der Waals surface area (Å²) >= 11 is 0. The number of ether oxygens (including phenoxy) is 1. The Labute approximate surface area is 243 Å². The fourth-order valence-electron chi connectivity index (χ4n) is 4.69. The average molecular weight is 583 g/mol. The second kappa shape index (κ2) is 14.7. The normalized spacial score (nSPS) is 15.3. The first-order valence-corrected chi connectivity index (χ1v) is 13.7. The van der Waals surface area contributed by atoms with Gasteiger partial charge >= 0.3 is 0 Å². The molecule has 3 N–H and O–H groups in total. The zero-order valence-corrected chi connectivity index (χ0v) is 23.9. The van der Waals surface area contributed by atoms with Crippen LogP contribution in [0.2, 0.25) is 0 Å². The van der Waals surface area contributed by atoms with Gasteiger partial charge in [-0.3, -0.25) is 9.79 Å². The zero-order chi connectivity index (χ0) is 30.1. The van der Waals surface area contributed by atoms with Crippen molar-refractivity contribution < 1.29 is 27.7 Å². The maximum atomic E-state index is 13.0. The number of aromatic nitrogens is 1. The van der Waals surface area contributed by atoms with Gasteiger partial charge in [-0.25, -0.2) is 4.98 Å². The number of rotatable bonds is 11. The number of amides is 1. The Morgan fingerprint density at radius 1 is 1.26 bits per heavy atom. The van der Waals surface area contributed by atoms with Crippen LogP contribution in [0.25, 0.3) is 17.5 Å². The molecule has 1 amide bonds. The molecule has 0 spiro atoms. The first kappa shape index (κ1) is 30.8. The van der Waals surface area contributed by atoms with Crippen molar-refractivity contribution in [2.75, 3.05) is 33.9 Å². The van der Waals surface area contributed by atoms with E-state index in [0.29, 0.717) is 59.5 Å². The number of hydrogen-bond acceptors (Lipinski definition) is 8. The number of carbonyl (C=O) groups excluding carboxylic acids is 1. The average Bonchev–Trinajstić information content (AvgIpc) is 3.44. The van der Waals surface area contributed by atoms with E-state index < -0.39 is 17.2 Å². The summed E-state index contributed by atoms with van der Waals surface area (Å²) in [5.41, 5.74) is 11.5. The van der Waals surface area contributed by atoms with E-state index in [1.54, 1.807) is 25.1 Å². The van der Waals surface area contributed by atoms with Gasteiger partial charge in [0.25, 0.3) is 5.91 Å². The van der Waals surface area contributed by atoms with E-state index in [2.05, 4.69) is 15.5 Å². The van der Waals surface area contributed by atoms with Crippen molar-refractivity contribution in [3.05, 3.63) is 77.2 Å².